The van der Waals surface area contributed by atoms with Crippen molar-refractivity contribution in [2.45, 2.75) is 6.42 Å². The van der Waals surface area contributed by atoms with Crippen LogP contribution in [0.4, 0.5) is 14.5 Å². The second-order valence-electron chi connectivity index (χ2n) is 2.48. The Morgan fingerprint density at radius 1 is 1.50 bits per heavy atom. The van der Waals surface area contributed by atoms with E-state index in [0.29, 0.717) is 0 Å². The highest BCUT2D eigenvalue weighted by Gasteiger charge is 2.09. The van der Waals surface area contributed by atoms with Crippen LogP contribution in [0.1, 0.15) is 6.42 Å². The van der Waals surface area contributed by atoms with Crippen LogP contribution in [-0.2, 0) is 4.79 Å². The van der Waals surface area contributed by atoms with E-state index in [1.807, 2.05) is 0 Å². The topological polar surface area (TPSA) is 52.9 Å². The number of nitrogens with one attached hydrogen (secondary N) is 1. The van der Waals surface area contributed by atoms with Crippen molar-refractivity contribution >= 4 is 11.6 Å². The lowest BCUT2D eigenvalue weighted by molar-refractivity contribution is -0.115. The van der Waals surface area contributed by atoms with Gasteiger partial charge in [0.15, 0.2) is 11.6 Å². The smallest absolute Gasteiger partial charge is 0.238 e. The molecule has 0 spiro atoms. The number of anilines is 1. The minimum atomic E-state index is -1.13. The molecule has 5 heteroatoms. The number of nitrogens with zero attached hydrogens (tertiary/aromatic N) is 1. The molecule has 0 saturated carbocycles. The molecule has 0 aliphatic carbocycles. The number of hydrogen-bond acceptors (Lipinski definition) is 2. The van der Waals surface area contributed by atoms with E-state index in [1.54, 1.807) is 6.07 Å². The summed E-state index contributed by atoms with van der Waals surface area (Å²) in [5, 5.41) is 10.2. The van der Waals surface area contributed by atoms with Gasteiger partial charge in [-0.15, -0.1) is 0 Å². The molecule has 0 saturated heterocycles. The van der Waals surface area contributed by atoms with E-state index in [1.165, 1.54) is 12.1 Å². The van der Waals surface area contributed by atoms with Gasteiger partial charge < -0.3 is 5.32 Å². The number of nitriles is 1. The first kappa shape index (κ1) is 10.1. The van der Waals surface area contributed by atoms with Gasteiger partial charge in [0.1, 0.15) is 6.42 Å². The first-order valence-corrected chi connectivity index (χ1v) is 3.76. The molecule has 0 unspecified atom stereocenters. The molecule has 1 rings (SSSR count). The summed E-state index contributed by atoms with van der Waals surface area (Å²) in [5.74, 6) is -2.84. The monoisotopic (exact) mass is 196 g/mol. The third-order valence-corrected chi connectivity index (χ3v) is 1.47. The first-order chi connectivity index (χ1) is 6.65. The van der Waals surface area contributed by atoms with Crippen LogP contribution >= 0.6 is 0 Å². The van der Waals surface area contributed by atoms with Crippen LogP contribution in [0.5, 0.6) is 0 Å². The quantitative estimate of drug-likeness (QED) is 0.784. The van der Waals surface area contributed by atoms with Gasteiger partial charge in [-0.1, -0.05) is 6.07 Å². The summed E-state index contributed by atoms with van der Waals surface area (Å²) in [6.07, 6.45) is -0.393. The maximum Gasteiger partial charge on any atom is 0.238 e. The van der Waals surface area contributed by atoms with E-state index in [0.717, 1.165) is 6.07 Å². The molecular weight excluding hydrogens is 190 g/mol. The summed E-state index contributed by atoms with van der Waals surface area (Å²) in [7, 11) is 0. The number of halogens is 2. The Balaban J connectivity index is 2.83. The molecule has 1 amide bonds. The summed E-state index contributed by atoms with van der Waals surface area (Å²) in [4.78, 5) is 10.9. The maximum atomic E-state index is 12.9. The average Bonchev–Trinajstić information content (AvgIpc) is 2.13. The predicted molar refractivity (Wildman–Crippen MR) is 45.2 cm³/mol. The van der Waals surface area contributed by atoms with Gasteiger partial charge in [0.25, 0.3) is 0 Å². The second-order valence-corrected chi connectivity index (χ2v) is 2.48. The molecular formula is C9H6F2N2O. The normalized spacial score (nSPS) is 9.21. The lowest BCUT2D eigenvalue weighted by Gasteiger charge is -2.03. The third kappa shape index (κ3) is 2.26. The largest absolute Gasteiger partial charge is 0.323 e. The second kappa shape index (κ2) is 4.33. The summed E-state index contributed by atoms with van der Waals surface area (Å²) < 4.78 is 25.6. The Bertz CT molecular complexity index is 398. The average molecular weight is 196 g/mol. The Morgan fingerprint density at radius 3 is 2.86 bits per heavy atom. The Labute approximate surface area is 79.0 Å². The van der Waals surface area contributed by atoms with Crippen molar-refractivity contribution < 1.29 is 13.6 Å². The fraction of sp³-hybridized carbons (Fsp3) is 0.111. The summed E-state index contributed by atoms with van der Waals surface area (Å²) in [6.45, 7) is 0. The summed E-state index contributed by atoms with van der Waals surface area (Å²) in [5.41, 5.74) is -0.259. The molecule has 0 radical (unpaired) electrons. The molecule has 0 fully saturated rings. The highest BCUT2D eigenvalue weighted by molar-refractivity contribution is 5.92. The van der Waals surface area contributed by atoms with Crippen LogP contribution in [0.15, 0.2) is 18.2 Å². The van der Waals surface area contributed by atoms with Crippen LogP contribution in [0, 0.1) is 23.0 Å². The van der Waals surface area contributed by atoms with Gasteiger partial charge in [0.2, 0.25) is 5.91 Å². The van der Waals surface area contributed by atoms with E-state index >= 15 is 0 Å². The minimum Gasteiger partial charge on any atom is -0.323 e. The van der Waals surface area contributed by atoms with Crippen molar-refractivity contribution in [3.05, 3.63) is 29.8 Å². The molecule has 3 nitrogen and oxygen atoms in total. The molecule has 1 N–H and O–H groups in total. The van der Waals surface area contributed by atoms with Crippen LogP contribution in [0.2, 0.25) is 0 Å². The number of amides is 1. The van der Waals surface area contributed by atoms with E-state index in [-0.39, 0.29) is 5.69 Å². The Morgan fingerprint density at radius 2 is 2.21 bits per heavy atom. The van der Waals surface area contributed by atoms with Crippen LogP contribution in [0.3, 0.4) is 0 Å². The Kier molecular flexibility index (Phi) is 3.13. The van der Waals surface area contributed by atoms with Gasteiger partial charge >= 0.3 is 0 Å². The zero-order valence-corrected chi connectivity index (χ0v) is 7.05. The molecule has 0 aromatic heterocycles. The number of benzene rings is 1. The van der Waals surface area contributed by atoms with Crippen molar-refractivity contribution in [2.24, 2.45) is 0 Å². The van der Waals surface area contributed by atoms with Gasteiger partial charge in [-0.3, -0.25) is 4.79 Å². The zero-order chi connectivity index (χ0) is 10.6. The fourth-order valence-corrected chi connectivity index (χ4v) is 0.867. The summed E-state index contributed by atoms with van der Waals surface area (Å²) >= 11 is 0. The maximum absolute atomic E-state index is 12.9. The minimum absolute atomic E-state index is 0.259. The summed E-state index contributed by atoms with van der Waals surface area (Å²) in [6, 6.07) is 5.01. The standard InChI is InChI=1S/C9H6F2N2O/c10-6-2-1-3-7(9(6)11)13-8(14)4-5-12/h1-3H,4H2,(H,13,14). The van der Waals surface area contributed by atoms with Crippen molar-refractivity contribution in [1.82, 2.24) is 0 Å². The number of carbonyl (C=O) groups is 1. The molecule has 0 aliphatic rings. The molecule has 14 heavy (non-hydrogen) atoms. The first-order valence-electron chi connectivity index (χ1n) is 3.76. The van der Waals surface area contributed by atoms with Crippen molar-refractivity contribution in [3.8, 4) is 6.07 Å². The van der Waals surface area contributed by atoms with E-state index in [4.69, 9.17) is 5.26 Å². The van der Waals surface area contributed by atoms with Crippen LogP contribution in [-0.4, -0.2) is 5.91 Å². The van der Waals surface area contributed by atoms with Crippen molar-refractivity contribution in [3.63, 3.8) is 0 Å². The molecule has 0 aliphatic heterocycles. The SMILES string of the molecule is N#CCC(=O)Nc1cccc(F)c1F. The highest BCUT2D eigenvalue weighted by Crippen LogP contribution is 2.16. The highest BCUT2D eigenvalue weighted by atomic mass is 19.2. The van der Waals surface area contributed by atoms with Crippen LogP contribution in [0.25, 0.3) is 0 Å². The number of rotatable bonds is 2. The molecule has 0 atom stereocenters. The van der Waals surface area contributed by atoms with Gasteiger partial charge in [-0.05, 0) is 12.1 Å². The van der Waals surface area contributed by atoms with E-state index in [2.05, 4.69) is 5.32 Å². The van der Waals surface area contributed by atoms with Gasteiger partial charge in [-0.2, -0.15) is 5.26 Å². The molecule has 0 bridgehead atoms. The Hall–Kier alpha value is -1.96. The van der Waals surface area contributed by atoms with Gasteiger partial charge in [0, 0.05) is 0 Å². The zero-order valence-electron chi connectivity index (χ0n) is 7.05. The molecule has 0 heterocycles. The lowest BCUT2D eigenvalue weighted by atomic mass is 10.3. The molecule has 72 valence electrons. The van der Waals surface area contributed by atoms with E-state index < -0.39 is 24.0 Å². The molecule has 1 aromatic rings. The van der Waals surface area contributed by atoms with Crippen LogP contribution < -0.4 is 5.32 Å². The lowest BCUT2D eigenvalue weighted by Crippen LogP contribution is -2.11. The van der Waals surface area contributed by atoms with Crippen molar-refractivity contribution in [2.75, 3.05) is 5.32 Å². The van der Waals surface area contributed by atoms with E-state index in [9.17, 15) is 13.6 Å². The van der Waals surface area contributed by atoms with Crippen molar-refractivity contribution in [1.29, 1.82) is 5.26 Å². The number of carbonyl (C=O) groups excluding carboxylic acids is 1. The fourth-order valence-electron chi connectivity index (χ4n) is 0.867. The predicted octanol–water partition coefficient (Wildman–Crippen LogP) is 1.82. The number of hydrogen-bond donors (Lipinski definition) is 1. The molecule has 1 aromatic carbocycles. The van der Waals surface area contributed by atoms with Gasteiger partial charge in [0.05, 0.1) is 11.8 Å². The van der Waals surface area contributed by atoms with Gasteiger partial charge in [-0.25, -0.2) is 8.78 Å². The third-order valence-electron chi connectivity index (χ3n) is 1.47.